The summed E-state index contributed by atoms with van der Waals surface area (Å²) < 4.78 is 1.86. The van der Waals surface area contributed by atoms with Gasteiger partial charge in [-0.3, -0.25) is 4.79 Å². The van der Waals surface area contributed by atoms with Crippen molar-refractivity contribution in [1.82, 2.24) is 4.90 Å². The first kappa shape index (κ1) is 13.9. The molecule has 0 unspecified atom stereocenters. The van der Waals surface area contributed by atoms with Crippen LogP contribution in [0.1, 0.15) is 23.5 Å². The van der Waals surface area contributed by atoms with E-state index in [0.29, 0.717) is 6.54 Å². The topological polar surface area (TPSA) is 20.3 Å². The van der Waals surface area contributed by atoms with Crippen molar-refractivity contribution < 1.29 is 4.79 Å². The normalized spacial score (nSPS) is 10.6. The number of rotatable bonds is 4. The van der Waals surface area contributed by atoms with Gasteiger partial charge in [0.15, 0.2) is 0 Å². The molecule has 0 radical (unpaired) electrons. The molecular weight excluding hydrogens is 354 g/mol. The molecule has 0 aliphatic carbocycles. The van der Waals surface area contributed by atoms with Gasteiger partial charge in [-0.05, 0) is 51.8 Å². The second-order valence-electron chi connectivity index (χ2n) is 3.57. The van der Waals surface area contributed by atoms with Gasteiger partial charge in [-0.2, -0.15) is 0 Å². The Morgan fingerprint density at radius 1 is 1.62 bits per heavy atom. The summed E-state index contributed by atoms with van der Waals surface area (Å²) in [6.45, 7) is 8.24. The van der Waals surface area contributed by atoms with Gasteiger partial charge in [0.1, 0.15) is 0 Å². The van der Waals surface area contributed by atoms with Crippen molar-refractivity contribution in [1.29, 1.82) is 0 Å². The van der Waals surface area contributed by atoms with Gasteiger partial charge in [0.05, 0.1) is 8.66 Å². The molecule has 0 saturated carbocycles. The Balaban J connectivity index is 2.94. The van der Waals surface area contributed by atoms with Crippen molar-refractivity contribution in [2.45, 2.75) is 19.9 Å². The zero-order valence-electron chi connectivity index (χ0n) is 9.17. The van der Waals surface area contributed by atoms with Gasteiger partial charge < -0.3 is 4.90 Å². The summed E-state index contributed by atoms with van der Waals surface area (Å²) in [6.07, 6.45) is 1.75. The SMILES string of the molecule is C=CCN(C(=O)c1cc(Br)c(Br)s1)C(C)C. The second kappa shape index (κ2) is 5.98. The Kier molecular flexibility index (Phi) is 5.21. The number of hydrogen-bond acceptors (Lipinski definition) is 2. The molecule has 0 saturated heterocycles. The Morgan fingerprint density at radius 3 is 2.62 bits per heavy atom. The predicted molar refractivity (Wildman–Crippen MR) is 76.1 cm³/mol. The predicted octanol–water partition coefficient (Wildman–Crippen LogP) is 4.31. The number of thiophene rings is 1. The lowest BCUT2D eigenvalue weighted by Gasteiger charge is -2.24. The van der Waals surface area contributed by atoms with Crippen LogP contribution in [0.25, 0.3) is 0 Å². The van der Waals surface area contributed by atoms with Gasteiger partial charge in [0, 0.05) is 17.1 Å². The molecule has 0 aliphatic rings. The van der Waals surface area contributed by atoms with Crippen LogP contribution in [0.2, 0.25) is 0 Å². The highest BCUT2D eigenvalue weighted by Crippen LogP contribution is 2.33. The van der Waals surface area contributed by atoms with Gasteiger partial charge in [-0.15, -0.1) is 17.9 Å². The lowest BCUT2D eigenvalue weighted by molar-refractivity contribution is 0.0733. The van der Waals surface area contributed by atoms with Crippen LogP contribution in [-0.2, 0) is 0 Å². The van der Waals surface area contributed by atoms with Crippen molar-refractivity contribution in [3.8, 4) is 0 Å². The Bertz CT molecular complexity index is 381. The first-order chi connectivity index (χ1) is 7.47. The van der Waals surface area contributed by atoms with Crippen LogP contribution in [0.15, 0.2) is 27.0 Å². The maximum atomic E-state index is 12.2. The van der Waals surface area contributed by atoms with Crippen molar-refractivity contribution >= 4 is 49.1 Å². The average molecular weight is 367 g/mol. The Hall–Kier alpha value is -0.130. The van der Waals surface area contributed by atoms with Crippen LogP contribution in [0, 0.1) is 0 Å². The van der Waals surface area contributed by atoms with E-state index in [0.717, 1.165) is 13.1 Å². The molecule has 5 heteroatoms. The van der Waals surface area contributed by atoms with E-state index in [9.17, 15) is 4.79 Å². The molecular formula is C11H13Br2NOS. The summed E-state index contributed by atoms with van der Waals surface area (Å²) >= 11 is 8.21. The molecule has 0 atom stereocenters. The molecule has 1 amide bonds. The summed E-state index contributed by atoms with van der Waals surface area (Å²) in [5.41, 5.74) is 0. The highest BCUT2D eigenvalue weighted by Gasteiger charge is 2.20. The fraction of sp³-hybridized carbons (Fsp3) is 0.364. The fourth-order valence-electron chi connectivity index (χ4n) is 1.26. The van der Waals surface area contributed by atoms with E-state index in [4.69, 9.17) is 0 Å². The molecule has 1 aromatic rings. The molecule has 1 heterocycles. The number of carbonyl (C=O) groups is 1. The summed E-state index contributed by atoms with van der Waals surface area (Å²) in [5.74, 6) is 0.0475. The Labute approximate surface area is 117 Å². The standard InChI is InChI=1S/C11H13Br2NOS/c1-4-5-14(7(2)3)11(15)9-6-8(12)10(13)16-9/h4,6-7H,1,5H2,2-3H3. The van der Waals surface area contributed by atoms with Crippen molar-refractivity contribution in [2.24, 2.45) is 0 Å². The van der Waals surface area contributed by atoms with Crippen LogP contribution in [0.3, 0.4) is 0 Å². The average Bonchev–Trinajstić information content (AvgIpc) is 2.54. The summed E-state index contributed by atoms with van der Waals surface area (Å²) in [4.78, 5) is 14.7. The fourth-order valence-corrected chi connectivity index (χ4v) is 3.25. The molecule has 0 aliphatic heterocycles. The lowest BCUT2D eigenvalue weighted by Crippen LogP contribution is -2.36. The van der Waals surface area contributed by atoms with E-state index < -0.39 is 0 Å². The van der Waals surface area contributed by atoms with E-state index in [1.165, 1.54) is 11.3 Å². The molecule has 0 N–H and O–H groups in total. The van der Waals surface area contributed by atoms with Gasteiger partial charge in [-0.1, -0.05) is 6.08 Å². The first-order valence-corrected chi connectivity index (χ1v) is 7.24. The third kappa shape index (κ3) is 3.18. The van der Waals surface area contributed by atoms with E-state index in [1.807, 2.05) is 19.9 Å². The van der Waals surface area contributed by atoms with Crippen LogP contribution >= 0.6 is 43.2 Å². The first-order valence-electron chi connectivity index (χ1n) is 4.84. The zero-order chi connectivity index (χ0) is 12.3. The molecule has 2 nitrogen and oxygen atoms in total. The molecule has 1 rings (SSSR count). The summed E-state index contributed by atoms with van der Waals surface area (Å²) in [6, 6.07) is 2.01. The van der Waals surface area contributed by atoms with E-state index >= 15 is 0 Å². The Morgan fingerprint density at radius 2 is 2.25 bits per heavy atom. The third-order valence-electron chi connectivity index (χ3n) is 2.07. The maximum Gasteiger partial charge on any atom is 0.264 e. The van der Waals surface area contributed by atoms with Crippen LogP contribution in [-0.4, -0.2) is 23.4 Å². The number of amides is 1. The molecule has 88 valence electrons. The minimum absolute atomic E-state index is 0.0475. The van der Waals surface area contributed by atoms with Gasteiger partial charge in [0.2, 0.25) is 0 Å². The minimum Gasteiger partial charge on any atom is -0.332 e. The molecule has 0 fully saturated rings. The van der Waals surface area contributed by atoms with Gasteiger partial charge in [-0.25, -0.2) is 0 Å². The van der Waals surface area contributed by atoms with E-state index in [-0.39, 0.29) is 11.9 Å². The zero-order valence-corrected chi connectivity index (χ0v) is 13.2. The van der Waals surface area contributed by atoms with Crippen molar-refractivity contribution in [3.05, 3.63) is 31.9 Å². The lowest BCUT2D eigenvalue weighted by atomic mass is 10.3. The molecule has 0 spiro atoms. The highest BCUT2D eigenvalue weighted by atomic mass is 79.9. The number of carbonyl (C=O) groups excluding carboxylic acids is 1. The van der Waals surface area contributed by atoms with Crippen LogP contribution in [0.4, 0.5) is 0 Å². The summed E-state index contributed by atoms with van der Waals surface area (Å²) in [5, 5.41) is 0. The van der Waals surface area contributed by atoms with Crippen LogP contribution in [0.5, 0.6) is 0 Å². The van der Waals surface area contributed by atoms with Crippen LogP contribution < -0.4 is 0 Å². The number of nitrogens with zero attached hydrogens (tertiary/aromatic N) is 1. The molecule has 0 aromatic carbocycles. The minimum atomic E-state index is 0.0475. The summed E-state index contributed by atoms with van der Waals surface area (Å²) in [7, 11) is 0. The van der Waals surface area contributed by atoms with Gasteiger partial charge in [0.25, 0.3) is 5.91 Å². The number of halogens is 2. The van der Waals surface area contributed by atoms with E-state index in [1.54, 1.807) is 11.0 Å². The maximum absolute atomic E-state index is 12.2. The van der Waals surface area contributed by atoms with Gasteiger partial charge >= 0.3 is 0 Å². The quantitative estimate of drug-likeness (QED) is 0.727. The van der Waals surface area contributed by atoms with Crippen molar-refractivity contribution in [2.75, 3.05) is 6.54 Å². The van der Waals surface area contributed by atoms with Crippen molar-refractivity contribution in [3.63, 3.8) is 0 Å². The molecule has 16 heavy (non-hydrogen) atoms. The second-order valence-corrected chi connectivity index (χ2v) is 6.80. The molecule has 1 aromatic heterocycles. The number of hydrogen-bond donors (Lipinski definition) is 0. The molecule has 0 bridgehead atoms. The van der Waals surface area contributed by atoms with E-state index in [2.05, 4.69) is 38.4 Å². The smallest absolute Gasteiger partial charge is 0.264 e. The third-order valence-corrected chi connectivity index (χ3v) is 5.31. The largest absolute Gasteiger partial charge is 0.332 e. The highest BCUT2D eigenvalue weighted by molar-refractivity contribution is 9.13. The monoisotopic (exact) mass is 365 g/mol.